The van der Waals surface area contributed by atoms with E-state index in [0.29, 0.717) is 11.0 Å². The van der Waals surface area contributed by atoms with Crippen LogP contribution in [0.4, 0.5) is 45.6 Å². The number of likely N-dealkylation sites (tertiary alicyclic amines) is 1. The first kappa shape index (κ1) is 40.9. The molecule has 2 unspecified atom stereocenters. The van der Waals surface area contributed by atoms with Gasteiger partial charge in [0.2, 0.25) is 11.7 Å². The third-order valence-electron chi connectivity index (χ3n) is 10.3. The van der Waals surface area contributed by atoms with Gasteiger partial charge in [-0.2, -0.15) is 26.3 Å². The molecule has 0 bridgehead atoms. The van der Waals surface area contributed by atoms with Crippen molar-refractivity contribution in [3.8, 4) is 0 Å². The van der Waals surface area contributed by atoms with Crippen LogP contribution in [0, 0.1) is 17.7 Å². The summed E-state index contributed by atoms with van der Waals surface area (Å²) in [6.07, 6.45) is -14.6. The molecule has 2 atom stereocenters. The fraction of sp³-hybridized carbons (Fsp3) is 0.543. The van der Waals surface area contributed by atoms with Gasteiger partial charge in [-0.15, -0.1) is 0 Å². The summed E-state index contributed by atoms with van der Waals surface area (Å²) in [5.41, 5.74) is -10.6. The van der Waals surface area contributed by atoms with Crippen molar-refractivity contribution in [2.75, 3.05) is 25.1 Å². The van der Waals surface area contributed by atoms with E-state index in [9.17, 15) is 58.3 Å². The van der Waals surface area contributed by atoms with E-state index in [1.807, 2.05) is 0 Å². The van der Waals surface area contributed by atoms with Crippen LogP contribution in [-0.2, 0) is 44.1 Å². The number of ether oxygens (including phenoxy) is 2. The molecule has 19 heteroatoms. The number of carbonyl (C=O) groups excluding carboxylic acids is 4. The number of carbonyl (C=O) groups is 4. The predicted octanol–water partition coefficient (Wildman–Crippen LogP) is 6.69. The summed E-state index contributed by atoms with van der Waals surface area (Å²) in [7, 11) is -3.84. The first-order valence-electron chi connectivity index (χ1n) is 16.7. The second-order valence-corrected chi connectivity index (χ2v) is 16.7. The Labute approximate surface area is 304 Å². The van der Waals surface area contributed by atoms with Crippen LogP contribution in [0.1, 0.15) is 64.0 Å². The molecule has 2 amide bonds. The van der Waals surface area contributed by atoms with Gasteiger partial charge in [0.25, 0.3) is 0 Å². The van der Waals surface area contributed by atoms with Crippen LogP contribution in [0.3, 0.4) is 0 Å². The summed E-state index contributed by atoms with van der Waals surface area (Å²) < 4.78 is 150. The van der Waals surface area contributed by atoms with Crippen molar-refractivity contribution in [3.05, 3.63) is 59.4 Å². The fourth-order valence-electron chi connectivity index (χ4n) is 7.65. The zero-order chi connectivity index (χ0) is 40.4. The lowest BCUT2D eigenvalue weighted by molar-refractivity contribution is -0.348. The van der Waals surface area contributed by atoms with Gasteiger partial charge in [-0.25, -0.2) is 26.8 Å². The average molecular weight is 797 g/mol. The van der Waals surface area contributed by atoms with Crippen molar-refractivity contribution in [3.63, 3.8) is 0 Å². The number of nitrogens with zero attached hydrogens (tertiary/aromatic N) is 2. The van der Waals surface area contributed by atoms with Crippen molar-refractivity contribution in [1.29, 1.82) is 0 Å². The van der Waals surface area contributed by atoms with Gasteiger partial charge >= 0.3 is 30.1 Å². The average Bonchev–Trinajstić information content (AvgIpc) is 3.49. The molecule has 3 aliphatic rings. The van der Waals surface area contributed by atoms with Crippen LogP contribution >= 0.6 is 0 Å². The van der Waals surface area contributed by atoms with Gasteiger partial charge in [0.1, 0.15) is 16.2 Å². The summed E-state index contributed by atoms with van der Waals surface area (Å²) in [6, 6.07) is 2.69. The highest BCUT2D eigenvalue weighted by Crippen LogP contribution is 2.58. The van der Waals surface area contributed by atoms with Gasteiger partial charge in [0, 0.05) is 23.9 Å². The maximum absolute atomic E-state index is 15.5. The number of halogens is 8. The Morgan fingerprint density at radius 3 is 1.91 bits per heavy atom. The molecule has 296 valence electrons. The molecule has 2 fully saturated rings. The number of fused-ring (bicyclic) bond motifs is 3. The number of methoxy groups -OCH3 is 1. The van der Waals surface area contributed by atoms with Crippen LogP contribution in [0.25, 0.3) is 0 Å². The molecule has 5 rings (SSSR count). The lowest BCUT2D eigenvalue weighted by atomic mass is 9.79. The summed E-state index contributed by atoms with van der Waals surface area (Å²) in [5.74, 6) is -4.86. The number of Topliss-reactive ketones (excluding diaryl/α,β-unsaturated/α-hetero) is 1. The van der Waals surface area contributed by atoms with E-state index < -0.39 is 120 Å². The molecular formula is C35H36F8N2O8S. The summed E-state index contributed by atoms with van der Waals surface area (Å²) >= 11 is 0. The number of esters is 1. The van der Waals surface area contributed by atoms with Crippen molar-refractivity contribution in [1.82, 2.24) is 4.90 Å². The highest BCUT2D eigenvalue weighted by molar-refractivity contribution is 7.92. The predicted molar refractivity (Wildman–Crippen MR) is 173 cm³/mol. The summed E-state index contributed by atoms with van der Waals surface area (Å²) in [4.78, 5) is 53.4. The van der Waals surface area contributed by atoms with Crippen LogP contribution in [0.5, 0.6) is 0 Å². The minimum atomic E-state index is -6.55. The van der Waals surface area contributed by atoms with E-state index in [-0.39, 0.29) is 44.4 Å². The molecule has 0 spiro atoms. The number of anilines is 1. The molecular weight excluding hydrogens is 760 g/mol. The molecule has 0 N–H and O–H groups in total. The van der Waals surface area contributed by atoms with E-state index in [1.54, 1.807) is 0 Å². The van der Waals surface area contributed by atoms with E-state index >= 15 is 4.39 Å². The maximum Gasteiger partial charge on any atom is 0.435 e. The second-order valence-electron chi connectivity index (χ2n) is 14.5. The van der Waals surface area contributed by atoms with Gasteiger partial charge in [-0.1, -0.05) is 12.1 Å². The Hall–Kier alpha value is -4.29. The molecule has 2 aromatic rings. The number of benzene rings is 2. The van der Waals surface area contributed by atoms with E-state index in [1.165, 1.54) is 20.8 Å². The van der Waals surface area contributed by atoms with E-state index in [0.717, 1.165) is 36.3 Å². The minimum Gasteiger partial charge on any atom is -0.463 e. The molecule has 2 heterocycles. The van der Waals surface area contributed by atoms with Gasteiger partial charge in [0.05, 0.1) is 30.3 Å². The number of sulfone groups is 1. The Morgan fingerprint density at radius 1 is 0.833 bits per heavy atom. The van der Waals surface area contributed by atoms with E-state index in [2.05, 4.69) is 4.74 Å². The standard InChI is InChI=1S/C35H36F8N2O8S/c1-31(2,3)53-30(49)45-18-26-32(54(50,51)23-12-10-22(36)11-13-23,24-14-9-21(17-25(24)45)33(37,34(38,39)40)35(41,42)43)15-16-44(26)28(47)20-7-5-19(6-8-20)27(46)29(48)52-4/h9-14,17,19-20,26H,5-8,15-16,18H2,1-4H3/t19-,20-,26?,32?. The SMILES string of the molecule is COC(=O)C(=O)[C@H]1CC[C@H](C(=O)N2CCC3(S(=O)(=O)c4ccc(F)cc4)c4ccc(C(F)(C(F)(F)F)C(F)(F)F)cc4N(C(=O)OC(C)(C)C)CC23)CC1. The minimum absolute atomic E-state index is 0.0797. The molecule has 54 heavy (non-hydrogen) atoms. The zero-order valence-corrected chi connectivity index (χ0v) is 30.1. The topological polar surface area (TPSA) is 127 Å². The quantitative estimate of drug-likeness (QED) is 0.137. The molecule has 0 aromatic heterocycles. The largest absolute Gasteiger partial charge is 0.463 e. The number of alkyl halides is 7. The van der Waals surface area contributed by atoms with Crippen LogP contribution in [0.2, 0.25) is 0 Å². The number of hydrogen-bond donors (Lipinski definition) is 0. The van der Waals surface area contributed by atoms with Crippen molar-refractivity contribution in [2.45, 2.75) is 92.2 Å². The lowest BCUT2D eigenvalue weighted by Gasteiger charge is -2.47. The maximum atomic E-state index is 15.5. The van der Waals surface area contributed by atoms with Crippen molar-refractivity contribution < 1.29 is 72.2 Å². The molecule has 1 aliphatic carbocycles. The highest BCUT2D eigenvalue weighted by Gasteiger charge is 2.74. The lowest BCUT2D eigenvalue weighted by Crippen LogP contribution is -2.60. The monoisotopic (exact) mass is 796 g/mol. The zero-order valence-electron chi connectivity index (χ0n) is 29.3. The molecule has 1 saturated heterocycles. The van der Waals surface area contributed by atoms with Gasteiger partial charge in [0.15, 0.2) is 9.84 Å². The Balaban J connectivity index is 1.71. The van der Waals surface area contributed by atoms with Gasteiger partial charge in [-0.05, 0) is 88.8 Å². The van der Waals surface area contributed by atoms with Crippen molar-refractivity contribution >= 4 is 39.3 Å². The van der Waals surface area contributed by atoms with Crippen LogP contribution in [0.15, 0.2) is 47.4 Å². The third-order valence-corrected chi connectivity index (χ3v) is 12.8. The summed E-state index contributed by atoms with van der Waals surface area (Å²) in [6.45, 7) is 3.03. The molecule has 10 nitrogen and oxygen atoms in total. The van der Waals surface area contributed by atoms with Crippen LogP contribution < -0.4 is 4.90 Å². The Morgan fingerprint density at radius 2 is 1.39 bits per heavy atom. The van der Waals surface area contributed by atoms with Gasteiger partial charge < -0.3 is 14.4 Å². The van der Waals surface area contributed by atoms with Crippen LogP contribution in [-0.4, -0.2) is 81.3 Å². The normalized spacial score (nSPS) is 23.7. The number of ketones is 1. The third kappa shape index (κ3) is 6.69. The smallest absolute Gasteiger partial charge is 0.435 e. The van der Waals surface area contributed by atoms with Crippen molar-refractivity contribution in [2.24, 2.45) is 11.8 Å². The number of amides is 2. The number of rotatable bonds is 6. The molecule has 1 saturated carbocycles. The summed E-state index contributed by atoms with van der Waals surface area (Å²) in [5, 5.41) is 0. The first-order valence-corrected chi connectivity index (χ1v) is 18.2. The Bertz CT molecular complexity index is 1920. The van der Waals surface area contributed by atoms with E-state index in [4.69, 9.17) is 4.74 Å². The molecule has 0 radical (unpaired) electrons. The second kappa shape index (κ2) is 13.8. The fourth-order valence-corrected chi connectivity index (χ4v) is 9.94. The first-order chi connectivity index (χ1) is 24.8. The highest BCUT2D eigenvalue weighted by atomic mass is 32.2. The Kier molecular flexibility index (Phi) is 10.4. The number of hydrogen-bond acceptors (Lipinski definition) is 8. The molecule has 2 aliphatic heterocycles. The molecule has 2 aromatic carbocycles. The van der Waals surface area contributed by atoms with Gasteiger partial charge in [-0.3, -0.25) is 14.5 Å².